The molecule has 1 fully saturated rings. The summed E-state index contributed by atoms with van der Waals surface area (Å²) in [6.45, 7) is 6.99. The fourth-order valence-electron chi connectivity index (χ4n) is 2.92. The molecule has 1 aromatic rings. The molecule has 0 aromatic heterocycles. The van der Waals surface area contributed by atoms with Crippen molar-refractivity contribution in [2.75, 3.05) is 40.3 Å². The Bertz CT molecular complexity index is 608. The number of guanidine groups is 1. The standard InChI is InChI=1S/C21H35N5O/c1-5-16-7-9-17(10-8-16)19(26(3)4)15-25-21(22-6-2)24-14-13-23-20(27)18-11-12-18/h7-10,18-19H,5-6,11-15H2,1-4H3,(H,23,27)(H2,22,24,25). The van der Waals surface area contributed by atoms with E-state index >= 15 is 0 Å². The SMILES string of the molecule is CCNC(=NCC(c1ccc(CC)cc1)N(C)C)NCCNC(=O)C1CC1. The van der Waals surface area contributed by atoms with E-state index in [0.717, 1.165) is 31.8 Å². The normalized spacial score (nSPS) is 15.5. The van der Waals surface area contributed by atoms with Crippen molar-refractivity contribution in [2.24, 2.45) is 10.9 Å². The Balaban J connectivity index is 1.89. The van der Waals surface area contributed by atoms with Crippen LogP contribution >= 0.6 is 0 Å². The molecule has 150 valence electrons. The minimum Gasteiger partial charge on any atom is -0.357 e. The van der Waals surface area contributed by atoms with E-state index in [0.29, 0.717) is 19.6 Å². The summed E-state index contributed by atoms with van der Waals surface area (Å²) in [5.41, 5.74) is 2.62. The molecule has 1 aliphatic carbocycles. The van der Waals surface area contributed by atoms with Crippen molar-refractivity contribution in [1.29, 1.82) is 0 Å². The van der Waals surface area contributed by atoms with Gasteiger partial charge in [-0.3, -0.25) is 9.79 Å². The number of amides is 1. The number of rotatable bonds is 10. The van der Waals surface area contributed by atoms with E-state index in [1.165, 1.54) is 11.1 Å². The van der Waals surface area contributed by atoms with Crippen molar-refractivity contribution in [2.45, 2.75) is 39.2 Å². The van der Waals surface area contributed by atoms with Crippen LogP contribution in [-0.2, 0) is 11.2 Å². The number of aliphatic imine (C=N–C) groups is 1. The van der Waals surface area contributed by atoms with Gasteiger partial charge in [0, 0.05) is 25.6 Å². The lowest BCUT2D eigenvalue weighted by Crippen LogP contribution is -2.42. The van der Waals surface area contributed by atoms with Crippen LogP contribution in [0, 0.1) is 5.92 Å². The summed E-state index contributed by atoms with van der Waals surface area (Å²) < 4.78 is 0. The lowest BCUT2D eigenvalue weighted by atomic mass is 10.0. The summed E-state index contributed by atoms with van der Waals surface area (Å²) in [5.74, 6) is 1.23. The van der Waals surface area contributed by atoms with Gasteiger partial charge in [0.1, 0.15) is 0 Å². The summed E-state index contributed by atoms with van der Waals surface area (Å²) >= 11 is 0. The molecule has 0 radical (unpaired) electrons. The third-order valence-electron chi connectivity index (χ3n) is 4.83. The number of nitrogens with one attached hydrogen (secondary N) is 3. The predicted octanol–water partition coefficient (Wildman–Crippen LogP) is 1.93. The smallest absolute Gasteiger partial charge is 0.223 e. The minimum absolute atomic E-state index is 0.182. The fourth-order valence-corrected chi connectivity index (χ4v) is 2.92. The molecule has 1 aromatic carbocycles. The van der Waals surface area contributed by atoms with Crippen LogP contribution in [0.3, 0.4) is 0 Å². The van der Waals surface area contributed by atoms with Crippen LogP contribution in [0.15, 0.2) is 29.3 Å². The lowest BCUT2D eigenvalue weighted by Gasteiger charge is -2.24. The molecule has 0 spiro atoms. The van der Waals surface area contributed by atoms with Crippen molar-refractivity contribution in [3.05, 3.63) is 35.4 Å². The molecule has 1 amide bonds. The summed E-state index contributed by atoms with van der Waals surface area (Å²) in [6, 6.07) is 9.02. The second kappa shape index (κ2) is 10.9. The van der Waals surface area contributed by atoms with Gasteiger partial charge < -0.3 is 20.9 Å². The fraction of sp³-hybridized carbons (Fsp3) is 0.619. The summed E-state index contributed by atoms with van der Waals surface area (Å²) in [4.78, 5) is 18.6. The molecule has 27 heavy (non-hydrogen) atoms. The molecule has 1 atom stereocenters. The number of aryl methyl sites for hydroxylation is 1. The zero-order valence-electron chi connectivity index (χ0n) is 17.2. The van der Waals surface area contributed by atoms with E-state index in [4.69, 9.17) is 4.99 Å². The quantitative estimate of drug-likeness (QED) is 0.333. The molecular formula is C21H35N5O. The molecule has 6 heteroatoms. The molecule has 1 aliphatic rings. The van der Waals surface area contributed by atoms with Crippen LogP contribution in [0.25, 0.3) is 0 Å². The van der Waals surface area contributed by atoms with E-state index in [2.05, 4.69) is 73.1 Å². The first-order valence-electron chi connectivity index (χ1n) is 10.1. The maximum atomic E-state index is 11.7. The van der Waals surface area contributed by atoms with Gasteiger partial charge in [0.05, 0.1) is 12.6 Å². The van der Waals surface area contributed by atoms with Crippen LogP contribution in [-0.4, -0.2) is 57.0 Å². The molecule has 0 saturated heterocycles. The maximum absolute atomic E-state index is 11.7. The van der Waals surface area contributed by atoms with Gasteiger partial charge in [-0.25, -0.2) is 0 Å². The molecule has 1 saturated carbocycles. The predicted molar refractivity (Wildman–Crippen MR) is 112 cm³/mol. The van der Waals surface area contributed by atoms with E-state index in [9.17, 15) is 4.79 Å². The Morgan fingerprint density at radius 1 is 1.11 bits per heavy atom. The van der Waals surface area contributed by atoms with Crippen molar-refractivity contribution in [3.8, 4) is 0 Å². The minimum atomic E-state index is 0.182. The zero-order chi connectivity index (χ0) is 19.6. The Kier molecular flexibility index (Phi) is 8.58. The van der Waals surface area contributed by atoms with Crippen LogP contribution in [0.1, 0.15) is 43.9 Å². The van der Waals surface area contributed by atoms with Gasteiger partial charge in [-0.15, -0.1) is 0 Å². The number of benzene rings is 1. The average molecular weight is 374 g/mol. The first-order valence-corrected chi connectivity index (χ1v) is 10.1. The number of hydrogen-bond donors (Lipinski definition) is 3. The van der Waals surface area contributed by atoms with Gasteiger partial charge in [0.15, 0.2) is 5.96 Å². The van der Waals surface area contributed by atoms with Crippen molar-refractivity contribution in [1.82, 2.24) is 20.9 Å². The summed E-state index contributed by atoms with van der Waals surface area (Å²) in [7, 11) is 4.17. The van der Waals surface area contributed by atoms with E-state index in [-0.39, 0.29) is 17.9 Å². The molecule has 0 aliphatic heterocycles. The molecule has 3 N–H and O–H groups in total. The van der Waals surface area contributed by atoms with Crippen molar-refractivity contribution >= 4 is 11.9 Å². The highest BCUT2D eigenvalue weighted by Gasteiger charge is 2.28. The van der Waals surface area contributed by atoms with Crippen LogP contribution in [0.5, 0.6) is 0 Å². The lowest BCUT2D eigenvalue weighted by molar-refractivity contribution is -0.122. The monoisotopic (exact) mass is 373 g/mol. The van der Waals surface area contributed by atoms with E-state index in [1.54, 1.807) is 0 Å². The molecule has 2 rings (SSSR count). The summed E-state index contributed by atoms with van der Waals surface area (Å²) in [6.07, 6.45) is 3.12. The Hall–Kier alpha value is -2.08. The van der Waals surface area contributed by atoms with Crippen molar-refractivity contribution in [3.63, 3.8) is 0 Å². The first kappa shape index (κ1) is 21.2. The van der Waals surface area contributed by atoms with Crippen LogP contribution in [0.2, 0.25) is 0 Å². The molecule has 0 heterocycles. The molecular weight excluding hydrogens is 338 g/mol. The van der Waals surface area contributed by atoms with E-state index < -0.39 is 0 Å². The Morgan fingerprint density at radius 3 is 2.33 bits per heavy atom. The highest BCUT2D eigenvalue weighted by atomic mass is 16.2. The van der Waals surface area contributed by atoms with Gasteiger partial charge in [0.2, 0.25) is 5.91 Å². The molecule has 1 unspecified atom stereocenters. The maximum Gasteiger partial charge on any atom is 0.223 e. The highest BCUT2D eigenvalue weighted by Crippen LogP contribution is 2.28. The zero-order valence-corrected chi connectivity index (χ0v) is 17.2. The molecule has 6 nitrogen and oxygen atoms in total. The van der Waals surface area contributed by atoms with Crippen molar-refractivity contribution < 1.29 is 4.79 Å². The molecule has 0 bridgehead atoms. The number of carbonyl (C=O) groups is 1. The van der Waals surface area contributed by atoms with Gasteiger partial charge >= 0.3 is 0 Å². The number of carbonyl (C=O) groups excluding carboxylic acids is 1. The van der Waals surface area contributed by atoms with Crippen LogP contribution in [0.4, 0.5) is 0 Å². The third-order valence-corrected chi connectivity index (χ3v) is 4.83. The largest absolute Gasteiger partial charge is 0.357 e. The third kappa shape index (κ3) is 7.21. The van der Waals surface area contributed by atoms with E-state index in [1.807, 2.05) is 0 Å². The highest BCUT2D eigenvalue weighted by molar-refractivity contribution is 5.81. The van der Waals surface area contributed by atoms with Gasteiger partial charge in [-0.2, -0.15) is 0 Å². The Morgan fingerprint density at radius 2 is 1.78 bits per heavy atom. The van der Waals surface area contributed by atoms with Crippen LogP contribution < -0.4 is 16.0 Å². The first-order chi connectivity index (χ1) is 13.0. The average Bonchev–Trinajstić information content (AvgIpc) is 3.50. The topological polar surface area (TPSA) is 68.8 Å². The van der Waals surface area contributed by atoms with Gasteiger partial charge in [0.25, 0.3) is 0 Å². The summed E-state index contributed by atoms with van der Waals surface area (Å²) in [5, 5.41) is 9.55. The number of nitrogens with zero attached hydrogens (tertiary/aromatic N) is 2. The Labute approximate surface area is 163 Å². The van der Waals surface area contributed by atoms with Gasteiger partial charge in [-0.05, 0) is 51.4 Å². The number of likely N-dealkylation sites (N-methyl/N-ethyl adjacent to an activating group) is 1. The van der Waals surface area contributed by atoms with Gasteiger partial charge in [-0.1, -0.05) is 31.2 Å². The second-order valence-corrected chi connectivity index (χ2v) is 7.29. The second-order valence-electron chi connectivity index (χ2n) is 7.29. The number of hydrogen-bond acceptors (Lipinski definition) is 3.